The van der Waals surface area contributed by atoms with Crippen molar-refractivity contribution in [2.45, 2.75) is 12.5 Å². The van der Waals surface area contributed by atoms with Crippen molar-refractivity contribution >= 4 is 29.1 Å². The van der Waals surface area contributed by atoms with Crippen LogP contribution in [0.2, 0.25) is 5.02 Å². The van der Waals surface area contributed by atoms with Crippen molar-refractivity contribution < 1.29 is 19.1 Å². The summed E-state index contributed by atoms with van der Waals surface area (Å²) in [5, 5.41) is 6.07. The molecule has 25 heavy (non-hydrogen) atoms. The van der Waals surface area contributed by atoms with Crippen LogP contribution in [0.25, 0.3) is 0 Å². The normalized spacial score (nSPS) is 15.6. The molecule has 2 amide bonds. The Balaban J connectivity index is 1.42. The van der Waals surface area contributed by atoms with Gasteiger partial charge in [-0.05, 0) is 36.4 Å². The number of amides is 2. The summed E-state index contributed by atoms with van der Waals surface area (Å²) in [6.45, 7) is 0.639. The number of rotatable bonds is 6. The minimum atomic E-state index is -0.841. The Morgan fingerprint density at radius 3 is 2.76 bits per heavy atom. The van der Waals surface area contributed by atoms with E-state index in [2.05, 4.69) is 10.6 Å². The lowest BCUT2D eigenvalue weighted by Gasteiger charge is -2.25. The van der Waals surface area contributed by atoms with Crippen molar-refractivity contribution in [1.29, 1.82) is 0 Å². The van der Waals surface area contributed by atoms with Crippen LogP contribution in [-0.2, 0) is 9.59 Å². The third kappa shape index (κ3) is 4.64. The zero-order valence-corrected chi connectivity index (χ0v) is 14.1. The molecular formula is C18H17ClN2O4. The van der Waals surface area contributed by atoms with Crippen LogP contribution in [0.5, 0.6) is 11.5 Å². The number of nitrogens with one attached hydrogen (secondary N) is 2. The van der Waals surface area contributed by atoms with Gasteiger partial charge in [0.2, 0.25) is 5.91 Å². The van der Waals surface area contributed by atoms with E-state index in [1.165, 1.54) is 0 Å². The molecule has 2 aromatic rings. The maximum absolute atomic E-state index is 12.0. The van der Waals surface area contributed by atoms with Crippen LogP contribution in [0, 0.1) is 0 Å². The molecule has 130 valence electrons. The number of carbonyl (C=O) groups excluding carboxylic acids is 2. The average molecular weight is 361 g/mol. The zero-order valence-electron chi connectivity index (χ0n) is 13.3. The van der Waals surface area contributed by atoms with Gasteiger partial charge in [-0.25, -0.2) is 0 Å². The monoisotopic (exact) mass is 360 g/mol. The first-order chi connectivity index (χ1) is 12.1. The lowest BCUT2D eigenvalue weighted by atomic mass is 10.1. The topological polar surface area (TPSA) is 76.7 Å². The van der Waals surface area contributed by atoms with Crippen LogP contribution in [0.4, 0.5) is 5.69 Å². The fraction of sp³-hybridized carbons (Fsp3) is 0.222. The summed E-state index contributed by atoms with van der Waals surface area (Å²) >= 11 is 5.79. The van der Waals surface area contributed by atoms with Gasteiger partial charge in [-0.2, -0.15) is 0 Å². The van der Waals surface area contributed by atoms with Gasteiger partial charge in [-0.3, -0.25) is 9.59 Å². The molecule has 0 radical (unpaired) electrons. The first kappa shape index (κ1) is 17.1. The Bertz CT molecular complexity index is 764. The first-order valence-electron chi connectivity index (χ1n) is 7.83. The van der Waals surface area contributed by atoms with Gasteiger partial charge in [0, 0.05) is 5.02 Å². The predicted octanol–water partition coefficient (Wildman–Crippen LogP) is 2.62. The molecular weight excluding hydrogens is 344 g/mol. The first-order valence-corrected chi connectivity index (χ1v) is 8.21. The van der Waals surface area contributed by atoms with Gasteiger partial charge >= 0.3 is 0 Å². The Labute approximate surface area is 150 Å². The van der Waals surface area contributed by atoms with E-state index in [0.29, 0.717) is 35.4 Å². The standard InChI is InChI=1S/C18H17ClN2O4/c19-12-5-7-13(8-6-12)24-10-9-20-17(22)11-16-18(23)21-14-3-1-2-4-15(14)25-16/h1-8,16H,9-11H2,(H,20,22)(H,21,23)/t16-/m1/s1. The number of carbonyl (C=O) groups is 2. The molecule has 0 fully saturated rings. The van der Waals surface area contributed by atoms with E-state index in [1.54, 1.807) is 42.5 Å². The third-order valence-electron chi connectivity index (χ3n) is 3.58. The van der Waals surface area contributed by atoms with E-state index in [4.69, 9.17) is 21.1 Å². The van der Waals surface area contributed by atoms with E-state index in [-0.39, 0.29) is 18.2 Å². The number of anilines is 1. The van der Waals surface area contributed by atoms with Crippen molar-refractivity contribution in [3.8, 4) is 11.5 Å². The second-order valence-electron chi connectivity index (χ2n) is 5.45. The molecule has 2 N–H and O–H groups in total. The number of ether oxygens (including phenoxy) is 2. The lowest BCUT2D eigenvalue weighted by Crippen LogP contribution is -2.41. The maximum atomic E-state index is 12.0. The van der Waals surface area contributed by atoms with Gasteiger partial charge in [0.25, 0.3) is 5.91 Å². The van der Waals surface area contributed by atoms with Crippen LogP contribution < -0.4 is 20.1 Å². The SMILES string of the molecule is O=C(C[C@H]1Oc2ccccc2NC1=O)NCCOc1ccc(Cl)cc1. The molecule has 0 bridgehead atoms. The van der Waals surface area contributed by atoms with E-state index < -0.39 is 6.10 Å². The molecule has 0 aliphatic carbocycles. The van der Waals surface area contributed by atoms with Crippen molar-refractivity contribution in [2.75, 3.05) is 18.5 Å². The van der Waals surface area contributed by atoms with E-state index in [1.807, 2.05) is 6.07 Å². The molecule has 0 aromatic heterocycles. The minimum Gasteiger partial charge on any atom is -0.492 e. The quantitative estimate of drug-likeness (QED) is 0.776. The van der Waals surface area contributed by atoms with Crippen molar-refractivity contribution in [3.63, 3.8) is 0 Å². The highest BCUT2D eigenvalue weighted by molar-refractivity contribution is 6.30. The average Bonchev–Trinajstić information content (AvgIpc) is 2.61. The van der Waals surface area contributed by atoms with E-state index >= 15 is 0 Å². The number of fused-ring (bicyclic) bond motifs is 1. The van der Waals surface area contributed by atoms with Gasteiger partial charge in [-0.1, -0.05) is 23.7 Å². The minimum absolute atomic E-state index is 0.0545. The zero-order chi connectivity index (χ0) is 17.6. The fourth-order valence-corrected chi connectivity index (χ4v) is 2.48. The fourth-order valence-electron chi connectivity index (χ4n) is 2.36. The summed E-state index contributed by atoms with van der Waals surface area (Å²) in [5.74, 6) is 0.627. The highest BCUT2D eigenvalue weighted by Crippen LogP contribution is 2.29. The van der Waals surface area contributed by atoms with Crippen molar-refractivity contribution in [2.24, 2.45) is 0 Å². The molecule has 6 nitrogen and oxygen atoms in total. The summed E-state index contributed by atoms with van der Waals surface area (Å²) in [5.41, 5.74) is 0.612. The molecule has 3 rings (SSSR count). The number of para-hydroxylation sites is 2. The molecule has 0 spiro atoms. The number of halogens is 1. The molecule has 0 saturated heterocycles. The van der Waals surface area contributed by atoms with Gasteiger partial charge in [-0.15, -0.1) is 0 Å². The smallest absolute Gasteiger partial charge is 0.266 e. The summed E-state index contributed by atoms with van der Waals surface area (Å²) in [7, 11) is 0. The highest BCUT2D eigenvalue weighted by atomic mass is 35.5. The van der Waals surface area contributed by atoms with Crippen LogP contribution in [0.1, 0.15) is 6.42 Å². The van der Waals surface area contributed by atoms with E-state index in [0.717, 1.165) is 0 Å². The molecule has 1 aliphatic rings. The molecule has 1 atom stereocenters. The molecule has 2 aromatic carbocycles. The second kappa shape index (κ2) is 7.90. The third-order valence-corrected chi connectivity index (χ3v) is 3.84. The van der Waals surface area contributed by atoms with Gasteiger partial charge in [0.15, 0.2) is 6.10 Å². The molecule has 0 unspecified atom stereocenters. The molecule has 1 aliphatic heterocycles. The molecule has 7 heteroatoms. The van der Waals surface area contributed by atoms with Crippen molar-refractivity contribution in [3.05, 3.63) is 53.6 Å². The van der Waals surface area contributed by atoms with Gasteiger partial charge < -0.3 is 20.1 Å². The Kier molecular flexibility index (Phi) is 5.40. The number of hydrogen-bond donors (Lipinski definition) is 2. The Morgan fingerprint density at radius 1 is 1.20 bits per heavy atom. The van der Waals surface area contributed by atoms with Gasteiger partial charge in [0.05, 0.1) is 18.7 Å². The van der Waals surface area contributed by atoms with Crippen LogP contribution in [0.3, 0.4) is 0 Å². The molecule has 1 heterocycles. The summed E-state index contributed by atoms with van der Waals surface area (Å²) in [4.78, 5) is 24.0. The summed E-state index contributed by atoms with van der Waals surface area (Å²) in [6, 6.07) is 14.1. The Hall–Kier alpha value is -2.73. The summed E-state index contributed by atoms with van der Waals surface area (Å²) < 4.78 is 11.1. The van der Waals surface area contributed by atoms with Crippen molar-refractivity contribution in [1.82, 2.24) is 5.32 Å². The predicted molar refractivity (Wildman–Crippen MR) is 94.1 cm³/mol. The number of hydrogen-bond acceptors (Lipinski definition) is 4. The Morgan fingerprint density at radius 2 is 1.96 bits per heavy atom. The van der Waals surface area contributed by atoms with Crippen LogP contribution >= 0.6 is 11.6 Å². The molecule has 0 saturated carbocycles. The number of benzene rings is 2. The van der Waals surface area contributed by atoms with E-state index in [9.17, 15) is 9.59 Å². The largest absolute Gasteiger partial charge is 0.492 e. The lowest BCUT2D eigenvalue weighted by molar-refractivity contribution is -0.130. The second-order valence-corrected chi connectivity index (χ2v) is 5.88. The van der Waals surface area contributed by atoms with Crippen LogP contribution in [-0.4, -0.2) is 31.1 Å². The van der Waals surface area contributed by atoms with Gasteiger partial charge in [0.1, 0.15) is 18.1 Å². The maximum Gasteiger partial charge on any atom is 0.266 e. The van der Waals surface area contributed by atoms with Crippen LogP contribution in [0.15, 0.2) is 48.5 Å². The highest BCUT2D eigenvalue weighted by Gasteiger charge is 2.29. The summed E-state index contributed by atoms with van der Waals surface area (Å²) in [6.07, 6.45) is -0.895.